The quantitative estimate of drug-likeness (QED) is 0.770. The van der Waals surface area contributed by atoms with Gasteiger partial charge in [-0.25, -0.2) is 18.2 Å². The molecule has 3 rings (SSSR count). The minimum Gasteiger partial charge on any atom is -0.335 e. The molecular formula is C16H13F3N4O2. The molecule has 0 N–H and O–H groups in total. The lowest BCUT2D eigenvalue weighted by Crippen LogP contribution is -2.50. The van der Waals surface area contributed by atoms with Gasteiger partial charge in [0.2, 0.25) is 0 Å². The molecule has 1 aliphatic rings. The molecule has 130 valence electrons. The zero-order valence-electron chi connectivity index (χ0n) is 13.0. The summed E-state index contributed by atoms with van der Waals surface area (Å²) in [5.74, 6) is -5.61. The van der Waals surface area contributed by atoms with E-state index in [1.165, 1.54) is 28.4 Å². The molecule has 1 aromatic heterocycles. The Morgan fingerprint density at radius 2 is 1.52 bits per heavy atom. The van der Waals surface area contributed by atoms with E-state index in [2.05, 4.69) is 9.97 Å². The summed E-state index contributed by atoms with van der Waals surface area (Å²) in [6.07, 6.45) is 4.19. The molecule has 2 heterocycles. The van der Waals surface area contributed by atoms with Crippen LogP contribution in [0.2, 0.25) is 0 Å². The van der Waals surface area contributed by atoms with Crippen LogP contribution in [-0.2, 0) is 0 Å². The molecule has 0 aliphatic carbocycles. The van der Waals surface area contributed by atoms with Gasteiger partial charge in [-0.2, -0.15) is 0 Å². The number of rotatable bonds is 2. The summed E-state index contributed by atoms with van der Waals surface area (Å²) in [5, 5.41) is 0. The van der Waals surface area contributed by atoms with Gasteiger partial charge >= 0.3 is 0 Å². The highest BCUT2D eigenvalue weighted by atomic mass is 19.2. The fourth-order valence-electron chi connectivity index (χ4n) is 2.55. The van der Waals surface area contributed by atoms with Crippen molar-refractivity contribution in [3.05, 3.63) is 59.4 Å². The molecule has 1 fully saturated rings. The Labute approximate surface area is 140 Å². The van der Waals surface area contributed by atoms with Crippen LogP contribution >= 0.6 is 0 Å². The summed E-state index contributed by atoms with van der Waals surface area (Å²) in [4.78, 5) is 35.1. The van der Waals surface area contributed by atoms with Gasteiger partial charge in [0.15, 0.2) is 17.5 Å². The van der Waals surface area contributed by atoms with Crippen LogP contribution in [-0.4, -0.2) is 57.8 Å². The van der Waals surface area contributed by atoms with Crippen molar-refractivity contribution in [2.24, 2.45) is 0 Å². The smallest absolute Gasteiger partial charge is 0.274 e. The van der Waals surface area contributed by atoms with E-state index in [4.69, 9.17) is 0 Å². The fraction of sp³-hybridized carbons (Fsp3) is 0.250. The zero-order chi connectivity index (χ0) is 18.0. The van der Waals surface area contributed by atoms with E-state index in [-0.39, 0.29) is 37.8 Å². The van der Waals surface area contributed by atoms with Crippen molar-refractivity contribution in [1.29, 1.82) is 0 Å². The van der Waals surface area contributed by atoms with Crippen molar-refractivity contribution < 1.29 is 22.8 Å². The molecule has 0 radical (unpaired) electrons. The van der Waals surface area contributed by atoms with Crippen LogP contribution in [0.15, 0.2) is 30.7 Å². The van der Waals surface area contributed by atoms with E-state index in [1.807, 2.05) is 0 Å². The number of nitrogens with zero attached hydrogens (tertiary/aromatic N) is 4. The third kappa shape index (κ3) is 3.30. The second kappa shape index (κ2) is 6.88. The van der Waals surface area contributed by atoms with Gasteiger partial charge in [0.05, 0.1) is 11.8 Å². The summed E-state index contributed by atoms with van der Waals surface area (Å²) >= 11 is 0. The first-order chi connectivity index (χ1) is 12.0. The summed E-state index contributed by atoms with van der Waals surface area (Å²) in [7, 11) is 0. The second-order valence-electron chi connectivity index (χ2n) is 5.40. The van der Waals surface area contributed by atoms with Crippen molar-refractivity contribution in [2.45, 2.75) is 0 Å². The van der Waals surface area contributed by atoms with Crippen molar-refractivity contribution in [2.75, 3.05) is 26.2 Å². The number of carbonyl (C=O) groups excluding carboxylic acids is 2. The Bertz CT molecular complexity index is 809. The Kier molecular flexibility index (Phi) is 4.64. The van der Waals surface area contributed by atoms with Crippen LogP contribution in [0.5, 0.6) is 0 Å². The molecule has 2 aromatic rings. The number of hydrogen-bond acceptors (Lipinski definition) is 4. The summed E-state index contributed by atoms with van der Waals surface area (Å²) in [6.45, 7) is 0.714. The molecule has 25 heavy (non-hydrogen) atoms. The molecule has 1 aliphatic heterocycles. The lowest BCUT2D eigenvalue weighted by Gasteiger charge is -2.34. The molecule has 0 spiro atoms. The van der Waals surface area contributed by atoms with E-state index >= 15 is 0 Å². The first kappa shape index (κ1) is 16.9. The Morgan fingerprint density at radius 1 is 0.880 bits per heavy atom. The maximum absolute atomic E-state index is 13.8. The highest BCUT2D eigenvalue weighted by Gasteiger charge is 2.28. The molecule has 1 aromatic carbocycles. The van der Waals surface area contributed by atoms with Crippen LogP contribution in [0.3, 0.4) is 0 Å². The normalized spacial score (nSPS) is 14.5. The molecule has 6 nitrogen and oxygen atoms in total. The molecule has 2 amide bonds. The minimum atomic E-state index is -1.68. The van der Waals surface area contributed by atoms with Crippen LogP contribution in [0.4, 0.5) is 13.2 Å². The summed E-state index contributed by atoms with van der Waals surface area (Å²) in [6, 6.07) is 1.62. The van der Waals surface area contributed by atoms with Crippen LogP contribution in [0.25, 0.3) is 0 Å². The van der Waals surface area contributed by atoms with E-state index in [9.17, 15) is 22.8 Å². The maximum Gasteiger partial charge on any atom is 0.274 e. The SMILES string of the molecule is O=C(c1cnccn1)N1CCN(C(=O)c2ccc(F)c(F)c2F)CC1. The van der Waals surface area contributed by atoms with E-state index in [1.54, 1.807) is 0 Å². The lowest BCUT2D eigenvalue weighted by molar-refractivity contribution is 0.0528. The minimum absolute atomic E-state index is 0.142. The first-order valence-corrected chi connectivity index (χ1v) is 7.47. The van der Waals surface area contributed by atoms with Gasteiger partial charge in [0.25, 0.3) is 11.8 Å². The Balaban J connectivity index is 1.67. The molecule has 0 atom stereocenters. The number of amides is 2. The van der Waals surface area contributed by atoms with E-state index in [0.29, 0.717) is 6.07 Å². The van der Waals surface area contributed by atoms with Crippen molar-refractivity contribution in [1.82, 2.24) is 19.8 Å². The third-order valence-electron chi connectivity index (χ3n) is 3.90. The predicted molar refractivity (Wildman–Crippen MR) is 80.2 cm³/mol. The molecule has 9 heteroatoms. The summed E-state index contributed by atoms with van der Waals surface area (Å²) < 4.78 is 40.0. The Morgan fingerprint density at radius 3 is 2.12 bits per heavy atom. The number of halogens is 3. The average Bonchev–Trinajstić information content (AvgIpc) is 2.66. The lowest BCUT2D eigenvalue weighted by atomic mass is 10.1. The monoisotopic (exact) mass is 350 g/mol. The van der Waals surface area contributed by atoms with Crippen molar-refractivity contribution in [3.8, 4) is 0 Å². The number of hydrogen-bond donors (Lipinski definition) is 0. The van der Waals surface area contributed by atoms with Gasteiger partial charge < -0.3 is 9.80 Å². The van der Waals surface area contributed by atoms with Gasteiger partial charge in [-0.3, -0.25) is 14.6 Å². The number of aromatic nitrogens is 2. The average molecular weight is 350 g/mol. The van der Waals surface area contributed by atoms with E-state index in [0.717, 1.165) is 6.07 Å². The highest BCUT2D eigenvalue weighted by molar-refractivity contribution is 5.95. The molecule has 0 unspecified atom stereocenters. The number of piperazine rings is 1. The van der Waals surface area contributed by atoms with Crippen LogP contribution < -0.4 is 0 Å². The topological polar surface area (TPSA) is 66.4 Å². The van der Waals surface area contributed by atoms with Crippen LogP contribution in [0, 0.1) is 17.5 Å². The molecule has 0 bridgehead atoms. The molecular weight excluding hydrogens is 337 g/mol. The zero-order valence-corrected chi connectivity index (χ0v) is 13.0. The van der Waals surface area contributed by atoms with Crippen molar-refractivity contribution >= 4 is 11.8 Å². The number of benzene rings is 1. The fourth-order valence-corrected chi connectivity index (χ4v) is 2.55. The standard InChI is InChI=1S/C16H13F3N4O2/c17-11-2-1-10(13(18)14(11)19)15(24)22-5-7-23(8-6-22)16(25)12-9-20-3-4-21-12/h1-4,9H,5-8H2. The van der Waals surface area contributed by atoms with Gasteiger partial charge in [-0.05, 0) is 12.1 Å². The predicted octanol–water partition coefficient (Wildman–Crippen LogP) is 1.49. The van der Waals surface area contributed by atoms with Gasteiger partial charge in [0, 0.05) is 38.6 Å². The molecule has 1 saturated heterocycles. The van der Waals surface area contributed by atoms with Crippen LogP contribution in [0.1, 0.15) is 20.8 Å². The second-order valence-corrected chi connectivity index (χ2v) is 5.40. The third-order valence-corrected chi connectivity index (χ3v) is 3.90. The van der Waals surface area contributed by atoms with Crippen molar-refractivity contribution in [3.63, 3.8) is 0 Å². The van der Waals surface area contributed by atoms with Gasteiger partial charge in [0.1, 0.15) is 5.69 Å². The maximum atomic E-state index is 13.8. The first-order valence-electron chi connectivity index (χ1n) is 7.47. The summed E-state index contributed by atoms with van der Waals surface area (Å²) in [5.41, 5.74) is -0.346. The highest BCUT2D eigenvalue weighted by Crippen LogP contribution is 2.18. The molecule has 0 saturated carbocycles. The largest absolute Gasteiger partial charge is 0.335 e. The number of carbonyl (C=O) groups is 2. The van der Waals surface area contributed by atoms with E-state index < -0.39 is 28.9 Å². The Hall–Kier alpha value is -2.97. The van der Waals surface area contributed by atoms with Gasteiger partial charge in [-0.15, -0.1) is 0 Å². The van der Waals surface area contributed by atoms with Gasteiger partial charge in [-0.1, -0.05) is 0 Å².